The molecule has 0 unspecified atom stereocenters. The summed E-state index contributed by atoms with van der Waals surface area (Å²) in [5.41, 5.74) is 23.3. The zero-order valence-electron chi connectivity index (χ0n) is 27.2. The summed E-state index contributed by atoms with van der Waals surface area (Å²) in [6.45, 7) is 2.06. The number of para-hydroxylation sites is 1. The quantitative estimate of drug-likeness (QED) is 0.124. The molecule has 7 aromatic rings. The van der Waals surface area contributed by atoms with Crippen LogP contribution in [0.5, 0.6) is 0 Å². The molecule has 0 radical (unpaired) electrons. The minimum Gasteiger partial charge on any atom is -0.405 e. The second kappa shape index (κ2) is 13.7. The largest absolute Gasteiger partial charge is 0.405 e. The van der Waals surface area contributed by atoms with Crippen LogP contribution in [-0.4, -0.2) is 4.57 Å². The van der Waals surface area contributed by atoms with Crippen molar-refractivity contribution in [2.24, 2.45) is 11.5 Å². The Labute approximate surface area is 282 Å². The number of allylic oxidation sites excluding steroid dienone is 6. The van der Waals surface area contributed by atoms with E-state index >= 15 is 0 Å². The van der Waals surface area contributed by atoms with Crippen LogP contribution in [0.4, 0.5) is 0 Å². The summed E-state index contributed by atoms with van der Waals surface area (Å²) in [5.74, 6) is 0. The van der Waals surface area contributed by atoms with Crippen LogP contribution in [0.1, 0.15) is 25.3 Å². The molecule has 48 heavy (non-hydrogen) atoms. The molecule has 6 aromatic carbocycles. The Morgan fingerprint density at radius 3 is 2.06 bits per heavy atom. The lowest BCUT2D eigenvalue weighted by Gasteiger charge is -2.12. The van der Waals surface area contributed by atoms with E-state index in [4.69, 9.17) is 11.5 Å². The zero-order chi connectivity index (χ0) is 32.9. The number of fused-ring (bicyclic) bond motifs is 5. The molecule has 0 bridgehead atoms. The van der Waals surface area contributed by atoms with E-state index in [9.17, 15) is 0 Å². The van der Waals surface area contributed by atoms with E-state index in [1.807, 2.05) is 6.08 Å². The van der Waals surface area contributed by atoms with Gasteiger partial charge in [0.2, 0.25) is 0 Å². The van der Waals surface area contributed by atoms with E-state index in [2.05, 4.69) is 163 Å². The third-order valence-corrected chi connectivity index (χ3v) is 9.03. The molecule has 0 fully saturated rings. The summed E-state index contributed by atoms with van der Waals surface area (Å²) in [5, 5.41) is 4.88. The highest BCUT2D eigenvalue weighted by Crippen LogP contribution is 2.39. The smallest absolute Gasteiger partial charge is 0.0619 e. The fraction of sp³-hybridized carbons (Fsp3) is 0.0667. The van der Waals surface area contributed by atoms with Gasteiger partial charge < -0.3 is 16.0 Å². The molecule has 0 aliphatic rings. The van der Waals surface area contributed by atoms with Gasteiger partial charge in [0.05, 0.1) is 11.0 Å². The Balaban J connectivity index is 1.32. The molecule has 3 heteroatoms. The molecule has 0 saturated heterocycles. The van der Waals surface area contributed by atoms with Crippen LogP contribution in [0, 0.1) is 0 Å². The van der Waals surface area contributed by atoms with E-state index in [1.54, 1.807) is 12.4 Å². The van der Waals surface area contributed by atoms with Gasteiger partial charge in [0, 0.05) is 28.0 Å². The molecule has 0 amide bonds. The maximum Gasteiger partial charge on any atom is 0.0619 e. The Kier molecular flexibility index (Phi) is 8.76. The van der Waals surface area contributed by atoms with Gasteiger partial charge in [-0.2, -0.15) is 0 Å². The number of unbranched alkanes of at least 4 members (excludes halogenated alkanes) is 1. The minimum atomic E-state index is 0.921. The predicted octanol–water partition coefficient (Wildman–Crippen LogP) is 11.3. The third kappa shape index (κ3) is 6.06. The highest BCUT2D eigenvalue weighted by Gasteiger charge is 2.16. The average Bonchev–Trinajstić information content (AvgIpc) is 3.48. The number of rotatable bonds is 9. The van der Waals surface area contributed by atoms with Crippen molar-refractivity contribution in [2.45, 2.75) is 19.8 Å². The summed E-state index contributed by atoms with van der Waals surface area (Å²) in [4.78, 5) is 0. The van der Waals surface area contributed by atoms with Crippen LogP contribution in [0.2, 0.25) is 0 Å². The van der Waals surface area contributed by atoms with Crippen molar-refractivity contribution in [2.75, 3.05) is 0 Å². The maximum atomic E-state index is 6.20. The second-order valence-electron chi connectivity index (χ2n) is 12.2. The molecule has 0 spiro atoms. The number of benzene rings is 6. The lowest BCUT2D eigenvalue weighted by atomic mass is 9.96. The van der Waals surface area contributed by atoms with Gasteiger partial charge in [-0.25, -0.2) is 0 Å². The van der Waals surface area contributed by atoms with E-state index in [1.165, 1.54) is 54.9 Å². The summed E-state index contributed by atoms with van der Waals surface area (Å²) in [7, 11) is 0. The lowest BCUT2D eigenvalue weighted by molar-refractivity contribution is 1.04. The fourth-order valence-electron chi connectivity index (χ4n) is 6.64. The first-order valence-electron chi connectivity index (χ1n) is 16.5. The Hall–Kier alpha value is -6.06. The normalized spacial score (nSPS) is 12.7. The third-order valence-electron chi connectivity index (χ3n) is 9.03. The number of aromatic nitrogens is 1. The van der Waals surface area contributed by atoms with Gasteiger partial charge in [-0.05, 0) is 101 Å². The van der Waals surface area contributed by atoms with Gasteiger partial charge in [-0.1, -0.05) is 127 Å². The molecule has 234 valence electrons. The number of nitrogens with zero attached hydrogens (tertiary/aromatic N) is 1. The van der Waals surface area contributed by atoms with Gasteiger partial charge in [0.1, 0.15) is 0 Å². The van der Waals surface area contributed by atoms with Gasteiger partial charge in [-0.15, -0.1) is 0 Å². The summed E-state index contributed by atoms with van der Waals surface area (Å²) in [6.07, 6.45) is 13.6. The topological polar surface area (TPSA) is 57.0 Å². The lowest BCUT2D eigenvalue weighted by Crippen LogP contribution is -1.95. The fourth-order valence-corrected chi connectivity index (χ4v) is 6.64. The van der Waals surface area contributed by atoms with E-state index in [-0.39, 0.29) is 0 Å². The monoisotopic (exact) mass is 621 g/mol. The average molecular weight is 622 g/mol. The number of hydrogen-bond acceptors (Lipinski definition) is 2. The molecule has 0 aliphatic carbocycles. The molecule has 7 rings (SSSR count). The van der Waals surface area contributed by atoms with Gasteiger partial charge in [0.15, 0.2) is 0 Å². The van der Waals surface area contributed by atoms with Gasteiger partial charge in [-0.3, -0.25) is 0 Å². The van der Waals surface area contributed by atoms with Gasteiger partial charge in [0.25, 0.3) is 0 Å². The second-order valence-corrected chi connectivity index (χ2v) is 12.2. The molecule has 0 aliphatic heterocycles. The Morgan fingerprint density at radius 2 is 1.29 bits per heavy atom. The van der Waals surface area contributed by atoms with Crippen LogP contribution in [0.15, 0.2) is 176 Å². The molecule has 1 heterocycles. The molecular weight excluding hydrogens is 583 g/mol. The molecule has 1 aromatic heterocycles. The van der Waals surface area contributed by atoms with Crippen molar-refractivity contribution in [1.82, 2.24) is 4.57 Å². The van der Waals surface area contributed by atoms with Crippen LogP contribution in [-0.2, 0) is 0 Å². The number of nitrogens with two attached hydrogens (primary N) is 2. The standard InChI is InChI=1S/C45H39N3/c1-32(26-27-46)12-5-2-8-15-39(31-47)37-21-24-42-43-25-22-38-29-36(35-17-11-16-34(28-35)33-13-6-3-7-14-33)20-23-41(38)45(43)48(44(42)30-37)40-18-9-4-10-19-40/h3-4,6-31H,2,5,46-47H2,1H3/b15-8-,27-26-,32-12-,39-31+. The molecule has 3 nitrogen and oxygen atoms in total. The zero-order valence-corrected chi connectivity index (χ0v) is 27.2. The van der Waals surface area contributed by atoms with Crippen LogP contribution in [0.3, 0.4) is 0 Å². The summed E-state index contributed by atoms with van der Waals surface area (Å²) < 4.78 is 2.41. The first-order valence-corrected chi connectivity index (χ1v) is 16.5. The van der Waals surface area contributed by atoms with E-state index < -0.39 is 0 Å². The van der Waals surface area contributed by atoms with Crippen LogP contribution >= 0.6 is 0 Å². The Bertz CT molecular complexity index is 2350. The highest BCUT2D eigenvalue weighted by molar-refractivity contribution is 6.19. The Morgan fingerprint density at radius 1 is 0.604 bits per heavy atom. The SMILES string of the molecule is CC(/C=C\N)=C/CC/C=C\C(=C/N)c1ccc2c3ccc4cc(-c5cccc(-c6ccccc6)c5)ccc4c3n(-c3ccccc3)c2c1. The first kappa shape index (κ1) is 30.6. The van der Waals surface area contributed by atoms with Crippen molar-refractivity contribution < 1.29 is 0 Å². The van der Waals surface area contributed by atoms with Crippen LogP contribution in [0.25, 0.3) is 66.1 Å². The van der Waals surface area contributed by atoms with Crippen molar-refractivity contribution in [1.29, 1.82) is 0 Å². The minimum absolute atomic E-state index is 0.921. The predicted molar refractivity (Wildman–Crippen MR) is 207 cm³/mol. The van der Waals surface area contributed by atoms with E-state index in [0.29, 0.717) is 0 Å². The van der Waals surface area contributed by atoms with Crippen LogP contribution < -0.4 is 11.5 Å². The molecule has 0 atom stereocenters. The molecule has 4 N–H and O–H groups in total. The van der Waals surface area contributed by atoms with Crippen molar-refractivity contribution in [3.8, 4) is 27.9 Å². The first-order chi connectivity index (χ1) is 23.6. The van der Waals surface area contributed by atoms with E-state index in [0.717, 1.165) is 35.2 Å². The van der Waals surface area contributed by atoms with Crippen molar-refractivity contribution >= 4 is 38.2 Å². The maximum absolute atomic E-state index is 6.20. The van der Waals surface area contributed by atoms with Crippen molar-refractivity contribution in [3.63, 3.8) is 0 Å². The molecular formula is C45H39N3. The van der Waals surface area contributed by atoms with Crippen molar-refractivity contribution in [3.05, 3.63) is 181 Å². The molecule has 0 saturated carbocycles. The van der Waals surface area contributed by atoms with Gasteiger partial charge >= 0.3 is 0 Å². The summed E-state index contributed by atoms with van der Waals surface area (Å²) >= 11 is 0. The highest BCUT2D eigenvalue weighted by atomic mass is 15.0. The summed E-state index contributed by atoms with van der Waals surface area (Å²) in [6, 6.07) is 48.1. The number of hydrogen-bond donors (Lipinski definition) is 2.